The van der Waals surface area contributed by atoms with Crippen LogP contribution in [0.4, 0.5) is 13.2 Å². The van der Waals surface area contributed by atoms with E-state index in [0.29, 0.717) is 37.6 Å². The van der Waals surface area contributed by atoms with Gasteiger partial charge in [-0.1, -0.05) is 31.5 Å². The summed E-state index contributed by atoms with van der Waals surface area (Å²) >= 11 is 0. The van der Waals surface area contributed by atoms with Crippen LogP contribution in [0, 0.1) is 0 Å². The van der Waals surface area contributed by atoms with E-state index in [1.165, 1.54) is 12.1 Å². The molecule has 1 saturated heterocycles. The van der Waals surface area contributed by atoms with E-state index in [-0.39, 0.29) is 41.3 Å². The molecule has 31 heavy (non-hydrogen) atoms. The van der Waals surface area contributed by atoms with E-state index in [4.69, 9.17) is 4.99 Å². The molecule has 3 rings (SSSR count). The highest BCUT2D eigenvalue weighted by Crippen LogP contribution is 2.45. The van der Waals surface area contributed by atoms with Crippen LogP contribution < -0.4 is 10.6 Å². The molecule has 9 heteroatoms. The molecule has 0 aromatic heterocycles. The van der Waals surface area contributed by atoms with E-state index in [2.05, 4.69) is 10.6 Å². The third-order valence-corrected chi connectivity index (χ3v) is 6.18. The maximum absolute atomic E-state index is 13.2. The smallest absolute Gasteiger partial charge is 0.357 e. The Hall–Kier alpha value is -1.52. The maximum atomic E-state index is 13.2. The van der Waals surface area contributed by atoms with E-state index < -0.39 is 11.7 Å². The number of halogens is 4. The molecule has 1 unspecified atom stereocenters. The van der Waals surface area contributed by atoms with Crippen LogP contribution in [0.25, 0.3) is 0 Å². The van der Waals surface area contributed by atoms with Crippen LogP contribution in [-0.4, -0.2) is 49.0 Å². The molecule has 5 nitrogen and oxygen atoms in total. The zero-order valence-corrected chi connectivity index (χ0v) is 20.4. The lowest BCUT2D eigenvalue weighted by atomic mass is 9.64. The third-order valence-electron chi connectivity index (χ3n) is 6.18. The first-order chi connectivity index (χ1) is 14.3. The molecule has 2 fully saturated rings. The summed E-state index contributed by atoms with van der Waals surface area (Å²) in [6.07, 6.45) is -0.328. The topological polar surface area (TPSA) is 56.7 Å². The molecule has 174 valence electrons. The van der Waals surface area contributed by atoms with Gasteiger partial charge >= 0.3 is 6.18 Å². The molecule has 1 aliphatic heterocycles. The lowest BCUT2D eigenvalue weighted by Gasteiger charge is -2.41. The number of carbonyl (C=O) groups excluding carboxylic acids is 1. The number of amides is 1. The first kappa shape index (κ1) is 25.7. The highest BCUT2D eigenvalue weighted by Gasteiger charge is 2.40. The first-order valence-corrected chi connectivity index (χ1v) is 10.8. The van der Waals surface area contributed by atoms with E-state index in [0.717, 1.165) is 38.3 Å². The summed E-state index contributed by atoms with van der Waals surface area (Å²) in [4.78, 5) is 18.5. The van der Waals surface area contributed by atoms with Crippen molar-refractivity contribution >= 4 is 35.8 Å². The number of aliphatic imine (C=N–C) groups is 1. The average molecular weight is 552 g/mol. The van der Waals surface area contributed by atoms with Gasteiger partial charge in [-0.2, -0.15) is 13.2 Å². The molecule has 1 amide bonds. The van der Waals surface area contributed by atoms with Crippen molar-refractivity contribution < 1.29 is 18.0 Å². The zero-order valence-electron chi connectivity index (χ0n) is 18.1. The number of guanidine groups is 1. The van der Waals surface area contributed by atoms with Gasteiger partial charge in [-0.15, -0.1) is 24.0 Å². The van der Waals surface area contributed by atoms with Gasteiger partial charge in [-0.3, -0.25) is 9.79 Å². The summed E-state index contributed by atoms with van der Waals surface area (Å²) in [5.74, 6) is 0.811. The number of nitrogens with one attached hydrogen (secondary N) is 2. The van der Waals surface area contributed by atoms with Crippen LogP contribution in [0.2, 0.25) is 0 Å². The Labute approximate surface area is 199 Å². The van der Waals surface area contributed by atoms with Crippen LogP contribution in [0.3, 0.4) is 0 Å². The van der Waals surface area contributed by atoms with Crippen molar-refractivity contribution in [1.29, 1.82) is 0 Å². The molecule has 1 aromatic rings. The Balaban J connectivity index is 0.00000341. The number of alkyl halides is 3. The van der Waals surface area contributed by atoms with Gasteiger partial charge < -0.3 is 15.5 Å². The van der Waals surface area contributed by atoms with Gasteiger partial charge in [0.15, 0.2) is 5.96 Å². The van der Waals surface area contributed by atoms with E-state index in [1.807, 2.05) is 18.7 Å². The Kier molecular flexibility index (Phi) is 9.03. The lowest BCUT2D eigenvalue weighted by Crippen LogP contribution is -2.46. The van der Waals surface area contributed by atoms with Gasteiger partial charge in [-0.25, -0.2) is 0 Å². The minimum atomic E-state index is -4.34. The number of carbonyl (C=O) groups is 1. The molecule has 0 bridgehead atoms. The fourth-order valence-corrected chi connectivity index (χ4v) is 4.24. The highest BCUT2D eigenvalue weighted by atomic mass is 127. The summed E-state index contributed by atoms with van der Waals surface area (Å²) in [7, 11) is 0. The van der Waals surface area contributed by atoms with Gasteiger partial charge in [0.25, 0.3) is 0 Å². The second kappa shape index (κ2) is 10.9. The van der Waals surface area contributed by atoms with E-state index >= 15 is 0 Å². The van der Waals surface area contributed by atoms with E-state index in [9.17, 15) is 18.0 Å². The average Bonchev–Trinajstić information content (AvgIpc) is 3.15. The quantitative estimate of drug-likeness (QED) is 0.314. The molecule has 0 radical (unpaired) electrons. The van der Waals surface area contributed by atoms with Crippen molar-refractivity contribution in [1.82, 2.24) is 15.5 Å². The van der Waals surface area contributed by atoms with Crippen molar-refractivity contribution in [2.75, 3.05) is 26.2 Å². The zero-order chi connectivity index (χ0) is 21.8. The van der Waals surface area contributed by atoms with Gasteiger partial charge in [0.2, 0.25) is 5.91 Å². The highest BCUT2D eigenvalue weighted by molar-refractivity contribution is 14.0. The molecule has 2 N–H and O–H groups in total. The van der Waals surface area contributed by atoms with Gasteiger partial charge in [0, 0.05) is 37.5 Å². The number of rotatable bonds is 6. The van der Waals surface area contributed by atoms with Crippen molar-refractivity contribution in [2.24, 2.45) is 4.99 Å². The Morgan fingerprint density at radius 2 is 2.03 bits per heavy atom. The fraction of sp³-hybridized carbons (Fsp3) is 0.636. The number of nitrogens with zero attached hydrogens (tertiary/aromatic N) is 2. The van der Waals surface area contributed by atoms with Crippen LogP contribution in [0.1, 0.15) is 57.1 Å². The predicted molar refractivity (Wildman–Crippen MR) is 127 cm³/mol. The molecule has 1 aliphatic carbocycles. The second-order valence-electron chi connectivity index (χ2n) is 8.23. The number of benzene rings is 1. The maximum Gasteiger partial charge on any atom is 0.416 e. The summed E-state index contributed by atoms with van der Waals surface area (Å²) in [6, 6.07) is 5.80. The van der Waals surface area contributed by atoms with Crippen molar-refractivity contribution in [3.05, 3.63) is 35.4 Å². The minimum absolute atomic E-state index is 0. The largest absolute Gasteiger partial charge is 0.416 e. The minimum Gasteiger partial charge on any atom is -0.357 e. The third kappa shape index (κ3) is 6.26. The number of hydrogen-bond acceptors (Lipinski definition) is 2. The summed E-state index contributed by atoms with van der Waals surface area (Å²) in [5, 5.41) is 6.63. The normalized spacial score (nSPS) is 20.6. The van der Waals surface area contributed by atoms with Gasteiger partial charge in [-0.05, 0) is 37.8 Å². The molecule has 1 aromatic carbocycles. The van der Waals surface area contributed by atoms with Crippen LogP contribution in [-0.2, 0) is 16.4 Å². The Bertz CT molecular complexity index is 780. The Morgan fingerprint density at radius 3 is 2.61 bits per heavy atom. The number of hydrogen-bond donors (Lipinski definition) is 2. The van der Waals surface area contributed by atoms with Crippen LogP contribution in [0.5, 0.6) is 0 Å². The van der Waals surface area contributed by atoms with Crippen LogP contribution in [0.15, 0.2) is 29.3 Å². The fourth-order valence-electron chi connectivity index (χ4n) is 4.24. The molecule has 1 atom stereocenters. The van der Waals surface area contributed by atoms with Crippen molar-refractivity contribution in [3.63, 3.8) is 0 Å². The van der Waals surface area contributed by atoms with Gasteiger partial charge in [0.1, 0.15) is 0 Å². The summed E-state index contributed by atoms with van der Waals surface area (Å²) < 4.78 is 39.5. The second-order valence-corrected chi connectivity index (χ2v) is 8.23. The first-order valence-electron chi connectivity index (χ1n) is 10.8. The van der Waals surface area contributed by atoms with Crippen LogP contribution >= 0.6 is 24.0 Å². The molecule has 1 saturated carbocycles. The molecular weight excluding hydrogens is 520 g/mol. The Morgan fingerprint density at radius 1 is 1.29 bits per heavy atom. The van der Waals surface area contributed by atoms with Crippen molar-refractivity contribution in [3.8, 4) is 0 Å². The monoisotopic (exact) mass is 552 g/mol. The lowest BCUT2D eigenvalue weighted by molar-refractivity contribution is -0.137. The molecule has 0 spiro atoms. The predicted octanol–water partition coefficient (Wildman–Crippen LogP) is 4.31. The summed E-state index contributed by atoms with van der Waals surface area (Å²) in [6.45, 7) is 6.35. The van der Waals surface area contributed by atoms with Crippen molar-refractivity contribution in [2.45, 2.75) is 63.6 Å². The SMILES string of the molecule is CCNC(=NCC1(c2cccc(C(F)(F)F)c2)CCC1)NC1CCN(C(=O)CC)C1.I. The van der Waals surface area contributed by atoms with E-state index in [1.54, 1.807) is 6.07 Å². The number of likely N-dealkylation sites (tertiary alicyclic amines) is 1. The molecular formula is C22H32F3IN4O. The molecule has 1 heterocycles. The standard InChI is InChI=1S/C22H31F3N4O.HI/c1-3-19(30)29-12-9-18(14-29)28-20(26-4-2)27-15-21(10-6-11-21)16-7-5-8-17(13-16)22(23,24)25;/h5,7-8,13,18H,3-4,6,9-12,14-15H2,1-2H3,(H2,26,27,28);1H. The molecule has 2 aliphatic rings. The van der Waals surface area contributed by atoms with Gasteiger partial charge in [0.05, 0.1) is 12.1 Å². The summed E-state index contributed by atoms with van der Waals surface area (Å²) in [5.41, 5.74) is -0.237.